The Hall–Kier alpha value is -1.10. The minimum atomic E-state index is -0.228. The molecule has 0 spiro atoms. The zero-order chi connectivity index (χ0) is 13.1. The van der Waals surface area contributed by atoms with Gasteiger partial charge >= 0.3 is 0 Å². The van der Waals surface area contributed by atoms with Gasteiger partial charge in [-0.15, -0.1) is 0 Å². The summed E-state index contributed by atoms with van der Waals surface area (Å²) in [5, 5.41) is 3.32. The van der Waals surface area contributed by atoms with Crippen molar-refractivity contribution in [1.29, 1.82) is 0 Å². The van der Waals surface area contributed by atoms with E-state index in [1.165, 1.54) is 0 Å². The summed E-state index contributed by atoms with van der Waals surface area (Å²) in [6, 6.07) is 0.292. The highest BCUT2D eigenvalue weighted by Gasteiger charge is 2.34. The van der Waals surface area contributed by atoms with Crippen LogP contribution in [0.3, 0.4) is 0 Å². The molecule has 0 bridgehead atoms. The zero-order valence-electron chi connectivity index (χ0n) is 11.0. The summed E-state index contributed by atoms with van der Waals surface area (Å²) >= 11 is 0. The molecule has 0 saturated carbocycles. The average Bonchev–Trinajstić information content (AvgIpc) is 2.75. The number of carbonyl (C=O) groups excluding carboxylic acids is 2. The van der Waals surface area contributed by atoms with Gasteiger partial charge in [-0.1, -0.05) is 0 Å². The number of piperidine rings is 1. The molecule has 0 aliphatic carbocycles. The molecular formula is C13H23N3O2. The largest absolute Gasteiger partial charge is 0.370 e. The van der Waals surface area contributed by atoms with Crippen LogP contribution in [0.2, 0.25) is 0 Å². The number of nitrogens with two attached hydrogens (primary N) is 1. The van der Waals surface area contributed by atoms with E-state index in [4.69, 9.17) is 5.73 Å². The molecule has 0 radical (unpaired) electrons. The van der Waals surface area contributed by atoms with Crippen molar-refractivity contribution >= 4 is 11.8 Å². The van der Waals surface area contributed by atoms with Crippen LogP contribution in [0, 0.1) is 11.8 Å². The normalized spacial score (nSPS) is 29.5. The van der Waals surface area contributed by atoms with Crippen LogP contribution in [0.25, 0.3) is 0 Å². The Morgan fingerprint density at radius 3 is 2.44 bits per heavy atom. The fourth-order valence-corrected chi connectivity index (χ4v) is 3.07. The van der Waals surface area contributed by atoms with Crippen molar-refractivity contribution in [1.82, 2.24) is 10.2 Å². The fourth-order valence-electron chi connectivity index (χ4n) is 3.07. The van der Waals surface area contributed by atoms with Gasteiger partial charge in [0, 0.05) is 25.6 Å². The van der Waals surface area contributed by atoms with E-state index in [-0.39, 0.29) is 17.7 Å². The molecular weight excluding hydrogens is 230 g/mol. The Labute approximate surface area is 108 Å². The number of hydrogen-bond donors (Lipinski definition) is 2. The molecule has 18 heavy (non-hydrogen) atoms. The molecule has 2 aliphatic heterocycles. The maximum atomic E-state index is 12.3. The molecule has 2 rings (SSSR count). The number of rotatable bonds is 3. The first-order valence-electron chi connectivity index (χ1n) is 6.88. The summed E-state index contributed by atoms with van der Waals surface area (Å²) in [7, 11) is 0. The van der Waals surface area contributed by atoms with Crippen molar-refractivity contribution in [2.45, 2.75) is 38.6 Å². The van der Waals surface area contributed by atoms with Crippen molar-refractivity contribution < 1.29 is 9.59 Å². The van der Waals surface area contributed by atoms with E-state index >= 15 is 0 Å². The fraction of sp³-hybridized carbons (Fsp3) is 0.846. The van der Waals surface area contributed by atoms with Crippen LogP contribution in [0.1, 0.15) is 32.6 Å². The van der Waals surface area contributed by atoms with Crippen molar-refractivity contribution in [3.8, 4) is 0 Å². The lowest BCUT2D eigenvalue weighted by atomic mass is 9.91. The quantitative estimate of drug-likeness (QED) is 0.749. The van der Waals surface area contributed by atoms with E-state index in [0.29, 0.717) is 18.4 Å². The third kappa shape index (κ3) is 3.02. The lowest BCUT2D eigenvalue weighted by Crippen LogP contribution is -2.44. The highest BCUT2D eigenvalue weighted by molar-refractivity contribution is 5.80. The Morgan fingerprint density at radius 1 is 1.28 bits per heavy atom. The number of hydrogen-bond acceptors (Lipinski definition) is 3. The summed E-state index contributed by atoms with van der Waals surface area (Å²) in [6.07, 6.45) is 3.22. The number of carbonyl (C=O) groups is 2. The van der Waals surface area contributed by atoms with E-state index in [1.807, 2.05) is 4.90 Å². The van der Waals surface area contributed by atoms with Crippen LogP contribution in [0.5, 0.6) is 0 Å². The molecule has 5 nitrogen and oxygen atoms in total. The van der Waals surface area contributed by atoms with Gasteiger partial charge < -0.3 is 16.0 Å². The standard InChI is InChI=1S/C13H23N3O2/c1-9-11(2-5-15-9)13(18)16-6-3-10(4-7-16)8-12(14)17/h9-11,15H,2-8H2,1H3,(H2,14,17). The molecule has 2 amide bonds. The summed E-state index contributed by atoms with van der Waals surface area (Å²) < 4.78 is 0. The first-order chi connectivity index (χ1) is 8.58. The van der Waals surface area contributed by atoms with Crippen molar-refractivity contribution in [3.63, 3.8) is 0 Å². The molecule has 2 fully saturated rings. The van der Waals surface area contributed by atoms with E-state index < -0.39 is 0 Å². The maximum Gasteiger partial charge on any atom is 0.227 e. The number of likely N-dealkylation sites (tertiary alicyclic amines) is 1. The highest BCUT2D eigenvalue weighted by Crippen LogP contribution is 2.24. The number of nitrogens with one attached hydrogen (secondary N) is 1. The van der Waals surface area contributed by atoms with Gasteiger partial charge in [0.1, 0.15) is 0 Å². The maximum absolute atomic E-state index is 12.3. The summed E-state index contributed by atoms with van der Waals surface area (Å²) in [5.74, 6) is 0.557. The second-order valence-corrected chi connectivity index (χ2v) is 5.58. The predicted molar refractivity (Wildman–Crippen MR) is 68.7 cm³/mol. The SMILES string of the molecule is CC1NCCC1C(=O)N1CCC(CC(N)=O)CC1. The third-order valence-electron chi connectivity index (χ3n) is 4.26. The van der Waals surface area contributed by atoms with E-state index in [9.17, 15) is 9.59 Å². The topological polar surface area (TPSA) is 75.4 Å². The third-order valence-corrected chi connectivity index (χ3v) is 4.26. The van der Waals surface area contributed by atoms with Crippen LogP contribution in [-0.2, 0) is 9.59 Å². The lowest BCUT2D eigenvalue weighted by Gasteiger charge is -2.33. The smallest absolute Gasteiger partial charge is 0.227 e. The average molecular weight is 253 g/mol. The van der Waals surface area contributed by atoms with Gasteiger partial charge in [-0.25, -0.2) is 0 Å². The van der Waals surface area contributed by atoms with E-state index in [2.05, 4.69) is 12.2 Å². The molecule has 2 saturated heterocycles. The molecule has 3 N–H and O–H groups in total. The van der Waals surface area contributed by atoms with Gasteiger partial charge in [0.2, 0.25) is 11.8 Å². The summed E-state index contributed by atoms with van der Waals surface area (Å²) in [5.41, 5.74) is 5.21. The van der Waals surface area contributed by atoms with Crippen LogP contribution in [0.15, 0.2) is 0 Å². The molecule has 2 atom stereocenters. The van der Waals surface area contributed by atoms with E-state index in [1.54, 1.807) is 0 Å². The molecule has 2 heterocycles. The number of amides is 2. The molecule has 2 unspecified atom stereocenters. The predicted octanol–water partition coefficient (Wildman–Crippen LogP) is 0.0984. The minimum Gasteiger partial charge on any atom is -0.370 e. The second-order valence-electron chi connectivity index (χ2n) is 5.58. The van der Waals surface area contributed by atoms with Crippen LogP contribution >= 0.6 is 0 Å². The molecule has 102 valence electrons. The lowest BCUT2D eigenvalue weighted by molar-refractivity contribution is -0.137. The first-order valence-corrected chi connectivity index (χ1v) is 6.88. The monoisotopic (exact) mass is 253 g/mol. The van der Waals surface area contributed by atoms with Crippen molar-refractivity contribution in [2.24, 2.45) is 17.6 Å². The van der Waals surface area contributed by atoms with Gasteiger partial charge in [-0.3, -0.25) is 9.59 Å². The van der Waals surface area contributed by atoms with Gasteiger partial charge in [0.25, 0.3) is 0 Å². The van der Waals surface area contributed by atoms with Crippen molar-refractivity contribution in [2.75, 3.05) is 19.6 Å². The molecule has 0 aromatic carbocycles. The van der Waals surface area contributed by atoms with Gasteiger partial charge in [-0.2, -0.15) is 0 Å². The zero-order valence-corrected chi connectivity index (χ0v) is 11.0. The number of nitrogens with zero attached hydrogens (tertiary/aromatic N) is 1. The number of primary amides is 1. The van der Waals surface area contributed by atoms with Crippen LogP contribution < -0.4 is 11.1 Å². The summed E-state index contributed by atoms with van der Waals surface area (Å²) in [4.78, 5) is 25.2. The van der Waals surface area contributed by atoms with Crippen molar-refractivity contribution in [3.05, 3.63) is 0 Å². The Balaban J connectivity index is 1.82. The van der Waals surface area contributed by atoms with Crippen LogP contribution in [-0.4, -0.2) is 42.4 Å². The highest BCUT2D eigenvalue weighted by atomic mass is 16.2. The van der Waals surface area contributed by atoms with Gasteiger partial charge in [0.15, 0.2) is 0 Å². The van der Waals surface area contributed by atoms with Crippen LogP contribution in [0.4, 0.5) is 0 Å². The molecule has 5 heteroatoms. The summed E-state index contributed by atoms with van der Waals surface area (Å²) in [6.45, 7) is 4.57. The Morgan fingerprint density at radius 2 is 1.94 bits per heavy atom. The Bertz CT molecular complexity index is 324. The molecule has 0 aromatic rings. The molecule has 0 aromatic heterocycles. The molecule has 2 aliphatic rings. The van der Waals surface area contributed by atoms with E-state index in [0.717, 1.165) is 38.9 Å². The van der Waals surface area contributed by atoms with Gasteiger partial charge in [-0.05, 0) is 38.6 Å². The van der Waals surface area contributed by atoms with Gasteiger partial charge in [0.05, 0.1) is 5.92 Å². The Kier molecular flexibility index (Phi) is 4.22. The minimum absolute atomic E-state index is 0.137. The second kappa shape index (κ2) is 5.69. The first kappa shape index (κ1) is 13.3.